The summed E-state index contributed by atoms with van der Waals surface area (Å²) >= 11 is 0. The van der Waals surface area contributed by atoms with Gasteiger partial charge in [0.1, 0.15) is 0 Å². The number of carboxylic acid groups (broad SMARTS) is 1. The van der Waals surface area contributed by atoms with E-state index in [2.05, 4.69) is 10.6 Å². The summed E-state index contributed by atoms with van der Waals surface area (Å²) in [4.78, 5) is 23.1. The Labute approximate surface area is 112 Å². The third kappa shape index (κ3) is 2.93. The van der Waals surface area contributed by atoms with Crippen molar-refractivity contribution in [2.45, 2.75) is 26.3 Å². The molecular formula is C14H18N2O3. The number of anilines is 1. The monoisotopic (exact) mass is 262 g/mol. The number of aryl methyl sites for hydroxylation is 1. The van der Waals surface area contributed by atoms with Crippen LogP contribution in [-0.4, -0.2) is 29.6 Å². The van der Waals surface area contributed by atoms with E-state index in [1.165, 1.54) is 12.1 Å². The lowest BCUT2D eigenvalue weighted by Crippen LogP contribution is -2.39. The van der Waals surface area contributed by atoms with Crippen molar-refractivity contribution < 1.29 is 14.7 Å². The second kappa shape index (κ2) is 5.40. The van der Waals surface area contributed by atoms with E-state index < -0.39 is 5.97 Å². The number of nitrogens with one attached hydrogen (secondary N) is 2. The zero-order chi connectivity index (χ0) is 14.0. The van der Waals surface area contributed by atoms with Crippen LogP contribution in [0.15, 0.2) is 18.2 Å². The van der Waals surface area contributed by atoms with Crippen molar-refractivity contribution >= 4 is 17.6 Å². The Bertz CT molecular complexity index is 513. The number of amides is 1. The molecule has 2 unspecified atom stereocenters. The number of hydrogen-bond donors (Lipinski definition) is 3. The van der Waals surface area contributed by atoms with Crippen LogP contribution in [0.2, 0.25) is 0 Å². The van der Waals surface area contributed by atoms with Crippen LogP contribution in [0.3, 0.4) is 0 Å². The van der Waals surface area contributed by atoms with Crippen molar-refractivity contribution in [3.63, 3.8) is 0 Å². The Kier molecular flexibility index (Phi) is 3.85. The van der Waals surface area contributed by atoms with E-state index in [0.717, 1.165) is 18.5 Å². The third-order valence-corrected chi connectivity index (χ3v) is 3.56. The summed E-state index contributed by atoms with van der Waals surface area (Å²) in [7, 11) is 0. The third-order valence-electron chi connectivity index (χ3n) is 3.56. The fourth-order valence-corrected chi connectivity index (χ4v) is 2.29. The van der Waals surface area contributed by atoms with Gasteiger partial charge in [-0.3, -0.25) is 4.79 Å². The molecule has 102 valence electrons. The normalized spacial score (nSPS) is 22.2. The number of carboxylic acids is 1. The number of benzene rings is 1. The first kappa shape index (κ1) is 13.5. The van der Waals surface area contributed by atoms with Crippen LogP contribution in [-0.2, 0) is 4.79 Å². The van der Waals surface area contributed by atoms with Crippen LogP contribution in [0.4, 0.5) is 5.69 Å². The molecule has 5 nitrogen and oxygen atoms in total. The minimum Gasteiger partial charge on any atom is -0.478 e. The average Bonchev–Trinajstić information content (AvgIpc) is 2.78. The highest BCUT2D eigenvalue weighted by molar-refractivity contribution is 5.97. The summed E-state index contributed by atoms with van der Waals surface area (Å²) in [6.45, 7) is 4.71. The van der Waals surface area contributed by atoms with E-state index in [9.17, 15) is 9.59 Å². The van der Waals surface area contributed by atoms with Gasteiger partial charge in [0.15, 0.2) is 0 Å². The smallest absolute Gasteiger partial charge is 0.335 e. The predicted octanol–water partition coefficient (Wildman–Crippen LogP) is 1.63. The van der Waals surface area contributed by atoms with Crippen LogP contribution < -0.4 is 10.6 Å². The number of aromatic carboxylic acids is 1. The van der Waals surface area contributed by atoms with Gasteiger partial charge in [-0.05, 0) is 43.5 Å². The van der Waals surface area contributed by atoms with Crippen molar-refractivity contribution in [1.29, 1.82) is 0 Å². The lowest BCUT2D eigenvalue weighted by atomic mass is 10.0. The van der Waals surface area contributed by atoms with E-state index in [-0.39, 0.29) is 17.5 Å². The minimum absolute atomic E-state index is 0.101. The zero-order valence-electron chi connectivity index (χ0n) is 11.1. The molecule has 3 N–H and O–H groups in total. The molecule has 0 radical (unpaired) electrons. The van der Waals surface area contributed by atoms with Crippen molar-refractivity contribution in [2.24, 2.45) is 5.92 Å². The molecule has 2 rings (SSSR count). The van der Waals surface area contributed by atoms with Crippen LogP contribution >= 0.6 is 0 Å². The number of rotatable bonds is 3. The molecule has 0 spiro atoms. The quantitative estimate of drug-likeness (QED) is 0.773. The van der Waals surface area contributed by atoms with E-state index >= 15 is 0 Å². The molecule has 1 aromatic rings. The van der Waals surface area contributed by atoms with E-state index in [1.807, 2.05) is 13.8 Å². The molecule has 1 saturated heterocycles. The highest BCUT2D eigenvalue weighted by Gasteiger charge is 2.29. The number of carbonyl (C=O) groups is 2. The molecule has 0 bridgehead atoms. The molecule has 0 aliphatic carbocycles. The van der Waals surface area contributed by atoms with Gasteiger partial charge in [0.05, 0.1) is 11.6 Å². The topological polar surface area (TPSA) is 78.4 Å². The predicted molar refractivity (Wildman–Crippen MR) is 72.3 cm³/mol. The minimum atomic E-state index is -0.997. The Morgan fingerprint density at radius 2 is 2.16 bits per heavy atom. The second-order valence-electron chi connectivity index (χ2n) is 5.02. The number of carbonyl (C=O) groups excluding carboxylic acids is 1. The lowest BCUT2D eigenvalue weighted by Gasteiger charge is -2.16. The molecule has 5 heteroatoms. The molecule has 1 aliphatic heterocycles. The van der Waals surface area contributed by atoms with Crippen LogP contribution in [0.25, 0.3) is 0 Å². The van der Waals surface area contributed by atoms with E-state index in [4.69, 9.17) is 5.11 Å². The standard InChI is InChI=1S/C14H18N2O3/c1-8-3-4-10(14(18)19)7-11(8)16-13(17)12-9(2)5-6-15-12/h3-4,7,9,12,15H,5-6H2,1-2H3,(H,16,17)(H,18,19). The maximum Gasteiger partial charge on any atom is 0.335 e. The van der Waals surface area contributed by atoms with Crippen molar-refractivity contribution in [3.05, 3.63) is 29.3 Å². The maximum atomic E-state index is 12.1. The Balaban J connectivity index is 2.16. The fourth-order valence-electron chi connectivity index (χ4n) is 2.29. The molecule has 19 heavy (non-hydrogen) atoms. The van der Waals surface area contributed by atoms with E-state index in [0.29, 0.717) is 11.6 Å². The largest absolute Gasteiger partial charge is 0.478 e. The van der Waals surface area contributed by atoms with Crippen LogP contribution in [0.5, 0.6) is 0 Å². The summed E-state index contributed by atoms with van der Waals surface area (Å²) in [6.07, 6.45) is 0.978. The first-order valence-corrected chi connectivity index (χ1v) is 6.37. The highest BCUT2D eigenvalue weighted by Crippen LogP contribution is 2.20. The summed E-state index contributed by atoms with van der Waals surface area (Å²) < 4.78 is 0. The zero-order valence-corrected chi connectivity index (χ0v) is 11.1. The maximum absolute atomic E-state index is 12.1. The van der Waals surface area contributed by atoms with Crippen molar-refractivity contribution in [3.8, 4) is 0 Å². The molecule has 0 saturated carbocycles. The molecule has 1 aliphatic rings. The van der Waals surface area contributed by atoms with E-state index in [1.54, 1.807) is 6.07 Å². The second-order valence-corrected chi connectivity index (χ2v) is 5.02. The van der Waals surface area contributed by atoms with Crippen LogP contribution in [0, 0.1) is 12.8 Å². The highest BCUT2D eigenvalue weighted by atomic mass is 16.4. The molecule has 1 fully saturated rings. The van der Waals surface area contributed by atoms with Crippen LogP contribution in [0.1, 0.15) is 29.3 Å². The summed E-state index contributed by atoms with van der Waals surface area (Å²) in [5.41, 5.74) is 1.59. The Morgan fingerprint density at radius 3 is 2.74 bits per heavy atom. The van der Waals surface area contributed by atoms with Gasteiger partial charge in [0.2, 0.25) is 5.91 Å². The molecule has 1 aromatic carbocycles. The summed E-state index contributed by atoms with van der Waals surface area (Å²) in [6, 6.07) is 4.52. The number of hydrogen-bond acceptors (Lipinski definition) is 3. The van der Waals surface area contributed by atoms with Crippen molar-refractivity contribution in [1.82, 2.24) is 5.32 Å². The molecule has 2 atom stereocenters. The Morgan fingerprint density at radius 1 is 1.42 bits per heavy atom. The molecular weight excluding hydrogens is 244 g/mol. The SMILES string of the molecule is Cc1ccc(C(=O)O)cc1NC(=O)C1NCCC1C. The van der Waals surface area contributed by atoms with Crippen molar-refractivity contribution in [2.75, 3.05) is 11.9 Å². The molecule has 0 aromatic heterocycles. The van der Waals surface area contributed by atoms with Gasteiger partial charge in [-0.15, -0.1) is 0 Å². The average molecular weight is 262 g/mol. The first-order chi connectivity index (χ1) is 8.99. The lowest BCUT2D eigenvalue weighted by molar-refractivity contribution is -0.118. The van der Waals surface area contributed by atoms with Gasteiger partial charge in [-0.25, -0.2) is 4.79 Å². The Hall–Kier alpha value is -1.88. The molecule has 1 heterocycles. The molecule has 1 amide bonds. The van der Waals surface area contributed by atoms with Gasteiger partial charge in [0.25, 0.3) is 0 Å². The fraction of sp³-hybridized carbons (Fsp3) is 0.429. The first-order valence-electron chi connectivity index (χ1n) is 6.37. The van der Waals surface area contributed by atoms with Gasteiger partial charge in [-0.2, -0.15) is 0 Å². The van der Waals surface area contributed by atoms with Gasteiger partial charge >= 0.3 is 5.97 Å². The van der Waals surface area contributed by atoms with Gasteiger partial charge in [0, 0.05) is 5.69 Å². The van der Waals surface area contributed by atoms with Gasteiger partial charge < -0.3 is 15.7 Å². The summed E-state index contributed by atoms with van der Waals surface area (Å²) in [5.74, 6) is -0.804. The van der Waals surface area contributed by atoms with Gasteiger partial charge in [-0.1, -0.05) is 13.0 Å². The summed E-state index contributed by atoms with van der Waals surface area (Å²) in [5, 5.41) is 14.9.